The molecule has 3 aliphatic heterocycles. The predicted octanol–water partition coefficient (Wildman–Crippen LogP) is 9.31. The molecule has 2 bridgehead atoms. The molecule has 3 saturated carbocycles. The highest BCUT2D eigenvalue weighted by Gasteiger charge is 2.59. The van der Waals surface area contributed by atoms with Crippen molar-refractivity contribution in [2.45, 2.75) is 138 Å². The number of allylic oxidation sites excluding steroid dienone is 1. The van der Waals surface area contributed by atoms with E-state index in [0.29, 0.717) is 23.2 Å². The van der Waals surface area contributed by atoms with Crippen LogP contribution in [0, 0.1) is 64.1 Å². The van der Waals surface area contributed by atoms with Gasteiger partial charge in [0.15, 0.2) is 0 Å². The number of ether oxygens (including phenoxy) is 1. The van der Waals surface area contributed by atoms with Crippen molar-refractivity contribution < 1.29 is 9.53 Å². The number of carbonyl (C=O) groups is 1. The summed E-state index contributed by atoms with van der Waals surface area (Å²) in [6.07, 6.45) is 20.5. The molecular weight excluding hydrogens is 502 g/mol. The van der Waals surface area contributed by atoms with Gasteiger partial charge in [0.05, 0.1) is 0 Å². The van der Waals surface area contributed by atoms with E-state index in [4.69, 9.17) is 4.74 Å². The Labute approximate surface area is 253 Å². The van der Waals surface area contributed by atoms with E-state index in [0.717, 1.165) is 66.7 Å². The fourth-order valence-corrected chi connectivity index (χ4v) is 12.2. The standard InChI is InChI=1S/C38H63NO2/c1-7-27(25(2)3)9-8-26(4)33-12-13-34-32-11-10-30-23-31(14-18-37(30,5)35(32)15-19-38(33,34)6)41-36(40)22-29-24-39-20-16-28(29)17-21-39/h10,25-29,31-35H,7-9,11-24H2,1-6H3/t26-,27-,29?,31?,32?,33?,34?,35?,37?,38?/m1/s1. The van der Waals surface area contributed by atoms with Gasteiger partial charge in [0, 0.05) is 19.4 Å². The van der Waals surface area contributed by atoms with E-state index >= 15 is 0 Å². The first-order valence-corrected chi connectivity index (χ1v) is 18.2. The monoisotopic (exact) mass is 565 g/mol. The van der Waals surface area contributed by atoms with Gasteiger partial charge in [-0.1, -0.05) is 66.0 Å². The summed E-state index contributed by atoms with van der Waals surface area (Å²) in [5.41, 5.74) is 2.53. The summed E-state index contributed by atoms with van der Waals surface area (Å²) in [6, 6.07) is 0. The first-order valence-electron chi connectivity index (χ1n) is 18.2. The minimum absolute atomic E-state index is 0.0878. The molecule has 0 aromatic heterocycles. The van der Waals surface area contributed by atoms with Crippen molar-refractivity contribution in [1.82, 2.24) is 4.90 Å². The summed E-state index contributed by atoms with van der Waals surface area (Å²) in [5.74, 6) is 7.50. The molecule has 0 N–H and O–H groups in total. The summed E-state index contributed by atoms with van der Waals surface area (Å²) >= 11 is 0. The second kappa shape index (κ2) is 11.9. The second-order valence-corrected chi connectivity index (χ2v) is 16.9. The zero-order valence-corrected chi connectivity index (χ0v) is 27.6. The Morgan fingerprint density at radius 3 is 2.46 bits per heavy atom. The molecular formula is C38H63NO2. The third-order valence-electron chi connectivity index (χ3n) is 14.8. The maximum atomic E-state index is 13.0. The van der Waals surface area contributed by atoms with E-state index in [1.165, 1.54) is 83.7 Å². The van der Waals surface area contributed by atoms with Crippen LogP contribution in [-0.2, 0) is 9.53 Å². The highest BCUT2D eigenvalue weighted by molar-refractivity contribution is 5.70. The van der Waals surface area contributed by atoms with Gasteiger partial charge in [0.2, 0.25) is 0 Å². The van der Waals surface area contributed by atoms with Gasteiger partial charge in [-0.15, -0.1) is 0 Å². The first kappa shape index (κ1) is 30.2. The van der Waals surface area contributed by atoms with E-state index < -0.39 is 0 Å². The Morgan fingerprint density at radius 2 is 1.78 bits per heavy atom. The van der Waals surface area contributed by atoms with Crippen LogP contribution in [0.15, 0.2) is 11.6 Å². The zero-order valence-electron chi connectivity index (χ0n) is 27.6. The molecule has 4 aliphatic carbocycles. The SMILES string of the molecule is CC[C@H](CC[C@@H](C)C1CCC2C3CC=C4CC(OC(=O)CC5CN6CCC5CC6)CCC4(C)C3CCC21C)C(C)C. The van der Waals surface area contributed by atoms with Gasteiger partial charge in [0.1, 0.15) is 6.10 Å². The van der Waals surface area contributed by atoms with E-state index in [2.05, 4.69) is 52.5 Å². The maximum Gasteiger partial charge on any atom is 0.306 e. The van der Waals surface area contributed by atoms with Gasteiger partial charge in [-0.05, 0) is 141 Å². The molecule has 3 heterocycles. The predicted molar refractivity (Wildman–Crippen MR) is 169 cm³/mol. The third-order valence-corrected chi connectivity index (χ3v) is 14.8. The van der Waals surface area contributed by atoms with Crippen LogP contribution in [0.4, 0.5) is 0 Å². The number of piperidine rings is 3. The van der Waals surface area contributed by atoms with Gasteiger partial charge in [0.25, 0.3) is 0 Å². The Bertz CT molecular complexity index is 963. The average Bonchev–Trinajstić information content (AvgIpc) is 3.31. The molecule has 3 heteroatoms. The fourth-order valence-electron chi connectivity index (χ4n) is 12.2. The minimum Gasteiger partial charge on any atom is -0.462 e. The Kier molecular flexibility index (Phi) is 8.79. The molecule has 41 heavy (non-hydrogen) atoms. The van der Waals surface area contributed by atoms with Crippen LogP contribution in [0.25, 0.3) is 0 Å². The van der Waals surface area contributed by atoms with Crippen LogP contribution in [0.5, 0.6) is 0 Å². The van der Waals surface area contributed by atoms with Crippen molar-refractivity contribution in [3.63, 3.8) is 0 Å². The smallest absolute Gasteiger partial charge is 0.306 e. The van der Waals surface area contributed by atoms with Crippen molar-refractivity contribution in [3.8, 4) is 0 Å². The van der Waals surface area contributed by atoms with E-state index in [9.17, 15) is 4.79 Å². The molecule has 232 valence electrons. The molecule has 0 radical (unpaired) electrons. The molecule has 3 saturated heterocycles. The molecule has 0 amide bonds. The molecule has 0 aromatic rings. The summed E-state index contributed by atoms with van der Waals surface area (Å²) in [4.78, 5) is 15.6. The molecule has 3 nitrogen and oxygen atoms in total. The minimum atomic E-state index is 0.0878. The number of nitrogens with zero attached hydrogens (tertiary/aromatic N) is 1. The van der Waals surface area contributed by atoms with Gasteiger partial charge in [-0.25, -0.2) is 0 Å². The normalized spacial score (nSPS) is 44.9. The second-order valence-electron chi connectivity index (χ2n) is 16.9. The lowest BCUT2D eigenvalue weighted by molar-refractivity contribution is -0.154. The molecule has 0 aromatic carbocycles. The maximum absolute atomic E-state index is 13.0. The lowest BCUT2D eigenvalue weighted by Gasteiger charge is -2.58. The van der Waals surface area contributed by atoms with Crippen molar-refractivity contribution in [3.05, 3.63) is 11.6 Å². The topological polar surface area (TPSA) is 29.5 Å². The lowest BCUT2D eigenvalue weighted by Crippen LogP contribution is -2.51. The summed E-state index contributed by atoms with van der Waals surface area (Å²) in [5, 5.41) is 0. The van der Waals surface area contributed by atoms with Crippen LogP contribution >= 0.6 is 0 Å². The summed E-state index contributed by atoms with van der Waals surface area (Å²) < 4.78 is 6.22. The highest BCUT2D eigenvalue weighted by atomic mass is 16.5. The number of esters is 1. The number of hydrogen-bond acceptors (Lipinski definition) is 3. The van der Waals surface area contributed by atoms with Gasteiger partial charge in [-0.3, -0.25) is 4.79 Å². The van der Waals surface area contributed by atoms with Crippen molar-refractivity contribution in [1.29, 1.82) is 0 Å². The third kappa shape index (κ3) is 5.62. The number of hydrogen-bond donors (Lipinski definition) is 0. The lowest BCUT2D eigenvalue weighted by atomic mass is 9.47. The van der Waals surface area contributed by atoms with Gasteiger partial charge >= 0.3 is 5.97 Å². The number of fused-ring (bicyclic) bond motifs is 8. The number of carbonyl (C=O) groups excluding carboxylic acids is 1. The van der Waals surface area contributed by atoms with Crippen LogP contribution in [0.3, 0.4) is 0 Å². The number of rotatable bonds is 9. The molecule has 0 spiro atoms. The average molecular weight is 566 g/mol. The Balaban J connectivity index is 1.06. The molecule has 7 rings (SSSR count). The molecule has 10 atom stereocenters. The molecule has 6 fully saturated rings. The van der Waals surface area contributed by atoms with E-state index in [1.54, 1.807) is 5.57 Å². The van der Waals surface area contributed by atoms with Crippen molar-refractivity contribution in [2.24, 2.45) is 64.1 Å². The van der Waals surface area contributed by atoms with E-state index in [-0.39, 0.29) is 12.1 Å². The quantitative estimate of drug-likeness (QED) is 0.206. The van der Waals surface area contributed by atoms with Gasteiger partial charge in [-0.2, -0.15) is 0 Å². The Morgan fingerprint density at radius 1 is 1.00 bits per heavy atom. The zero-order chi connectivity index (χ0) is 28.9. The summed E-state index contributed by atoms with van der Waals surface area (Å²) in [7, 11) is 0. The van der Waals surface area contributed by atoms with Crippen molar-refractivity contribution in [2.75, 3.05) is 19.6 Å². The van der Waals surface area contributed by atoms with Crippen LogP contribution in [-0.4, -0.2) is 36.6 Å². The largest absolute Gasteiger partial charge is 0.462 e. The van der Waals surface area contributed by atoms with Gasteiger partial charge < -0.3 is 9.64 Å². The van der Waals surface area contributed by atoms with E-state index in [1.807, 2.05) is 0 Å². The van der Waals surface area contributed by atoms with Crippen LogP contribution < -0.4 is 0 Å². The first-order chi connectivity index (χ1) is 19.6. The summed E-state index contributed by atoms with van der Waals surface area (Å²) in [6.45, 7) is 18.8. The van der Waals surface area contributed by atoms with Crippen LogP contribution in [0.1, 0.15) is 131 Å². The molecule has 8 unspecified atom stereocenters. The molecule has 7 aliphatic rings. The fraction of sp³-hybridized carbons (Fsp3) is 0.921. The van der Waals surface area contributed by atoms with Crippen LogP contribution in [0.2, 0.25) is 0 Å². The van der Waals surface area contributed by atoms with Crippen molar-refractivity contribution >= 4 is 5.97 Å². The highest BCUT2D eigenvalue weighted by Crippen LogP contribution is 2.67. The Hall–Kier alpha value is -0.830.